The first kappa shape index (κ1) is 32.6. The number of aromatic nitrogens is 4. The summed E-state index contributed by atoms with van der Waals surface area (Å²) in [7, 11) is 3.47. The molecule has 6 heterocycles. The van der Waals surface area contributed by atoms with Crippen LogP contribution in [0.5, 0.6) is 6.01 Å². The van der Waals surface area contributed by atoms with E-state index in [1.54, 1.807) is 25.1 Å². The lowest BCUT2D eigenvalue weighted by Crippen LogP contribution is -2.43. The molecule has 2 atom stereocenters. The first-order valence-electron chi connectivity index (χ1n) is 17.7. The highest BCUT2D eigenvalue weighted by atomic mass is 19.1. The molecule has 1 amide bonds. The largest absolute Gasteiger partial charge is 0.461 e. The number of halogens is 1. The van der Waals surface area contributed by atoms with Crippen molar-refractivity contribution in [3.05, 3.63) is 82.1 Å². The second-order valence-electron chi connectivity index (χ2n) is 14.5. The number of ether oxygens (including phenoxy) is 2. The Morgan fingerprint density at radius 1 is 1.16 bits per heavy atom. The van der Waals surface area contributed by atoms with Gasteiger partial charge in [-0.15, -0.1) is 0 Å². The highest BCUT2D eigenvalue weighted by Gasteiger charge is 2.46. The van der Waals surface area contributed by atoms with Crippen LogP contribution in [-0.4, -0.2) is 81.3 Å². The molecule has 8 rings (SSSR count). The van der Waals surface area contributed by atoms with E-state index >= 15 is 4.39 Å². The molecule has 4 aliphatic rings. The molecule has 0 radical (unpaired) electrons. The summed E-state index contributed by atoms with van der Waals surface area (Å²) in [6.45, 7) is 10.9. The van der Waals surface area contributed by atoms with E-state index < -0.39 is 0 Å². The number of nitrogens with two attached hydrogens (primary N) is 1. The number of fused-ring (bicyclic) bond motifs is 4. The van der Waals surface area contributed by atoms with Gasteiger partial charge in [-0.3, -0.25) is 14.4 Å². The molecule has 4 aliphatic heterocycles. The van der Waals surface area contributed by atoms with Crippen LogP contribution in [-0.2, 0) is 37.3 Å². The standard InChI is InChI=1S/C38H45FN8O3/c1-5-27-30(39)9-8-24-14-25(40)15-28(34(24)27)33-17-31-29(21-49-33)35(42-37(41-31)50-22-38-10-6-12-46(38)19-23(2)18-38)45-11-7-13-47-26(20-45)16-32(43-47)36(48)44(3)4/h8-9,14-16,33H,2,5-7,10-13,17-22,40H2,1,3-4H3/t33?,38-/m0/s1. The SMILES string of the molecule is C=C1CN2CCC[C@@]2(COc2nc3c(c(N4CCCn5nc(C(=O)N(C)C)cc5C4)n2)COC(c2cc(N)cc4ccc(F)c(CC)c24)C3)C1. The maximum atomic E-state index is 15.1. The summed E-state index contributed by atoms with van der Waals surface area (Å²) >= 11 is 0. The van der Waals surface area contributed by atoms with E-state index in [-0.39, 0.29) is 30.0 Å². The number of nitrogens with zero attached hydrogens (tertiary/aromatic N) is 7. The van der Waals surface area contributed by atoms with Crippen molar-refractivity contribution in [2.75, 3.05) is 51.0 Å². The molecule has 2 aromatic carbocycles. The van der Waals surface area contributed by atoms with Gasteiger partial charge >= 0.3 is 6.01 Å². The predicted molar refractivity (Wildman–Crippen MR) is 190 cm³/mol. The molecule has 0 bridgehead atoms. The Morgan fingerprint density at radius 2 is 2.02 bits per heavy atom. The number of hydrogen-bond acceptors (Lipinski definition) is 9. The molecule has 50 heavy (non-hydrogen) atoms. The van der Waals surface area contributed by atoms with Crippen molar-refractivity contribution in [3.8, 4) is 6.01 Å². The highest BCUT2D eigenvalue weighted by molar-refractivity contribution is 5.92. The number of rotatable bonds is 7. The van der Waals surface area contributed by atoms with Crippen molar-refractivity contribution in [3.63, 3.8) is 0 Å². The Bertz CT molecular complexity index is 2010. The fourth-order valence-electron chi connectivity index (χ4n) is 8.55. The van der Waals surface area contributed by atoms with E-state index in [2.05, 4.69) is 21.5 Å². The lowest BCUT2D eigenvalue weighted by Gasteiger charge is -2.33. The van der Waals surface area contributed by atoms with E-state index in [1.807, 2.05) is 29.8 Å². The van der Waals surface area contributed by atoms with Gasteiger partial charge in [0.25, 0.3) is 5.91 Å². The number of nitrogen functional groups attached to an aromatic ring is 1. The minimum Gasteiger partial charge on any atom is -0.461 e. The van der Waals surface area contributed by atoms with Crippen LogP contribution in [0.15, 0.2) is 42.5 Å². The number of aryl methyl sites for hydroxylation is 2. The molecular weight excluding hydrogens is 635 g/mol. The van der Waals surface area contributed by atoms with E-state index in [0.717, 1.165) is 84.4 Å². The van der Waals surface area contributed by atoms with Gasteiger partial charge in [0.2, 0.25) is 0 Å². The van der Waals surface area contributed by atoms with Gasteiger partial charge in [0.15, 0.2) is 5.69 Å². The van der Waals surface area contributed by atoms with Crippen LogP contribution in [0, 0.1) is 5.82 Å². The molecule has 0 spiro atoms. The van der Waals surface area contributed by atoms with Gasteiger partial charge in [-0.05, 0) is 84.8 Å². The zero-order valence-corrected chi connectivity index (χ0v) is 29.2. The topological polar surface area (TPSA) is 115 Å². The molecule has 1 unspecified atom stereocenters. The Morgan fingerprint density at radius 3 is 2.84 bits per heavy atom. The molecule has 2 saturated heterocycles. The average Bonchev–Trinajstić information content (AvgIpc) is 3.73. The monoisotopic (exact) mass is 680 g/mol. The van der Waals surface area contributed by atoms with Gasteiger partial charge in [0.1, 0.15) is 18.2 Å². The van der Waals surface area contributed by atoms with Crippen LogP contribution >= 0.6 is 0 Å². The van der Waals surface area contributed by atoms with Gasteiger partial charge in [-0.1, -0.05) is 25.1 Å². The molecule has 4 aromatic rings. The molecular formula is C38H45FN8O3. The first-order chi connectivity index (χ1) is 24.1. The van der Waals surface area contributed by atoms with Gasteiger partial charge in [0.05, 0.1) is 36.2 Å². The third kappa shape index (κ3) is 5.68. The quantitative estimate of drug-likeness (QED) is 0.208. The molecule has 0 aliphatic carbocycles. The Balaban J connectivity index is 1.17. The molecule has 0 saturated carbocycles. The van der Waals surface area contributed by atoms with Crippen LogP contribution in [0.2, 0.25) is 0 Å². The van der Waals surface area contributed by atoms with E-state index in [9.17, 15) is 4.79 Å². The maximum absolute atomic E-state index is 15.1. The van der Waals surface area contributed by atoms with Crippen molar-refractivity contribution >= 4 is 28.2 Å². The molecule has 2 aromatic heterocycles. The average molecular weight is 681 g/mol. The third-order valence-corrected chi connectivity index (χ3v) is 10.9. The van der Waals surface area contributed by atoms with Crippen molar-refractivity contribution in [1.82, 2.24) is 29.5 Å². The fourth-order valence-corrected chi connectivity index (χ4v) is 8.55. The van der Waals surface area contributed by atoms with Crippen molar-refractivity contribution in [2.24, 2.45) is 0 Å². The summed E-state index contributed by atoms with van der Waals surface area (Å²) in [6.07, 6.45) is 4.56. The third-order valence-electron chi connectivity index (χ3n) is 10.9. The summed E-state index contributed by atoms with van der Waals surface area (Å²) in [5.41, 5.74) is 12.8. The van der Waals surface area contributed by atoms with Crippen molar-refractivity contribution < 1.29 is 18.7 Å². The van der Waals surface area contributed by atoms with Crippen LogP contribution in [0.4, 0.5) is 15.9 Å². The summed E-state index contributed by atoms with van der Waals surface area (Å²) in [6, 6.07) is 9.34. The zero-order chi connectivity index (χ0) is 34.7. The smallest absolute Gasteiger partial charge is 0.318 e. The summed E-state index contributed by atoms with van der Waals surface area (Å²) in [4.78, 5) is 29.2. The van der Waals surface area contributed by atoms with E-state index in [0.29, 0.717) is 55.5 Å². The molecule has 11 nitrogen and oxygen atoms in total. The molecule has 2 fully saturated rings. The normalized spacial score (nSPS) is 22.0. The van der Waals surface area contributed by atoms with Crippen LogP contribution in [0.25, 0.3) is 10.8 Å². The number of anilines is 2. The summed E-state index contributed by atoms with van der Waals surface area (Å²) < 4.78 is 30.3. The van der Waals surface area contributed by atoms with Gasteiger partial charge in [-0.2, -0.15) is 15.1 Å². The fraction of sp³-hybridized carbons (Fsp3) is 0.474. The Kier molecular flexibility index (Phi) is 8.26. The van der Waals surface area contributed by atoms with Crippen LogP contribution in [0.3, 0.4) is 0 Å². The van der Waals surface area contributed by atoms with Gasteiger partial charge in [-0.25, -0.2) is 4.39 Å². The Labute approximate surface area is 291 Å². The number of amides is 1. The number of hydrogen-bond donors (Lipinski definition) is 1. The molecule has 12 heteroatoms. The first-order valence-corrected chi connectivity index (χ1v) is 17.7. The maximum Gasteiger partial charge on any atom is 0.318 e. The van der Waals surface area contributed by atoms with Crippen molar-refractivity contribution in [1.29, 1.82) is 0 Å². The van der Waals surface area contributed by atoms with E-state index in [4.69, 9.17) is 25.2 Å². The minimum absolute atomic E-state index is 0.0757. The van der Waals surface area contributed by atoms with E-state index in [1.165, 1.54) is 11.6 Å². The number of benzene rings is 2. The van der Waals surface area contributed by atoms with Crippen LogP contribution in [0.1, 0.15) is 77.3 Å². The lowest BCUT2D eigenvalue weighted by atomic mass is 9.90. The van der Waals surface area contributed by atoms with Gasteiger partial charge < -0.3 is 25.0 Å². The zero-order valence-electron chi connectivity index (χ0n) is 29.2. The van der Waals surface area contributed by atoms with Crippen LogP contribution < -0.4 is 15.4 Å². The molecule has 2 N–H and O–H groups in total. The second-order valence-corrected chi connectivity index (χ2v) is 14.5. The minimum atomic E-state index is -0.386. The Hall–Kier alpha value is -4.55. The second kappa shape index (κ2) is 12.6. The number of carbonyl (C=O) groups is 1. The molecule has 262 valence electrons. The lowest BCUT2D eigenvalue weighted by molar-refractivity contribution is 0.0263. The number of carbonyl (C=O) groups excluding carboxylic acids is 1. The highest BCUT2D eigenvalue weighted by Crippen LogP contribution is 2.43. The van der Waals surface area contributed by atoms with Crippen molar-refractivity contribution in [2.45, 2.75) is 76.8 Å². The predicted octanol–water partition coefficient (Wildman–Crippen LogP) is 5.21. The summed E-state index contributed by atoms with van der Waals surface area (Å²) in [5, 5.41) is 6.39. The summed E-state index contributed by atoms with van der Waals surface area (Å²) in [5.74, 6) is 0.419. The van der Waals surface area contributed by atoms with Gasteiger partial charge in [0, 0.05) is 51.4 Å².